The summed E-state index contributed by atoms with van der Waals surface area (Å²) < 4.78 is 33.8. The summed E-state index contributed by atoms with van der Waals surface area (Å²) in [6, 6.07) is 3.15. The van der Waals surface area contributed by atoms with Crippen molar-refractivity contribution in [1.82, 2.24) is 4.72 Å². The number of rotatable bonds is 3. The average Bonchev–Trinajstić information content (AvgIpc) is 2.48. The number of hydrogen-bond donors (Lipinski definition) is 2. The minimum absolute atomic E-state index is 0.00801. The summed E-state index contributed by atoms with van der Waals surface area (Å²) in [4.78, 5) is 11.6. The van der Waals surface area contributed by atoms with Crippen LogP contribution in [0.4, 0.5) is 5.69 Å². The van der Waals surface area contributed by atoms with Crippen molar-refractivity contribution in [3.8, 4) is 5.75 Å². The molecule has 1 aliphatic heterocycles. The smallest absolute Gasteiger partial charge is 0.262 e. The van der Waals surface area contributed by atoms with Crippen LogP contribution in [-0.2, 0) is 14.8 Å². The molecule has 0 bridgehead atoms. The van der Waals surface area contributed by atoms with Crippen LogP contribution in [-0.4, -0.2) is 27.0 Å². The van der Waals surface area contributed by atoms with Crippen LogP contribution in [0.15, 0.2) is 17.0 Å². The number of anilines is 1. The molecule has 0 spiro atoms. The molecule has 2 N–H and O–H groups in total. The number of ether oxygens (including phenoxy) is 1. The lowest BCUT2D eigenvalue weighted by Crippen LogP contribution is -2.35. The van der Waals surface area contributed by atoms with Crippen LogP contribution in [0.2, 0.25) is 0 Å². The number of nitrogens with one attached hydrogen (secondary N) is 2. The number of benzene rings is 1. The highest BCUT2D eigenvalue weighted by atomic mass is 32.2. The van der Waals surface area contributed by atoms with Crippen LogP contribution in [0.5, 0.6) is 5.75 Å². The summed E-state index contributed by atoms with van der Waals surface area (Å²) in [5.74, 6) is 0.170. The van der Waals surface area contributed by atoms with Gasteiger partial charge in [0.1, 0.15) is 5.75 Å². The summed E-state index contributed by atoms with van der Waals surface area (Å²) >= 11 is 0. The van der Waals surface area contributed by atoms with E-state index in [-0.39, 0.29) is 23.5 Å². The van der Waals surface area contributed by atoms with Gasteiger partial charge >= 0.3 is 0 Å². The van der Waals surface area contributed by atoms with Gasteiger partial charge in [0.25, 0.3) is 5.91 Å². The molecule has 1 fully saturated rings. The van der Waals surface area contributed by atoms with Crippen molar-refractivity contribution >= 4 is 21.6 Å². The summed E-state index contributed by atoms with van der Waals surface area (Å²) in [5.41, 5.74) is 1.12. The Morgan fingerprint density at radius 3 is 2.50 bits per heavy atom. The zero-order chi connectivity index (χ0) is 17.2. The Kier molecular flexibility index (Phi) is 5.10. The van der Waals surface area contributed by atoms with E-state index in [9.17, 15) is 13.2 Å². The Labute approximate surface area is 143 Å². The first kappa shape index (κ1) is 17.2. The summed E-state index contributed by atoms with van der Waals surface area (Å²) in [6.45, 7) is 1.64. The number of carbonyl (C=O) groups excluding carboxylic acids is 1. The number of fused-ring (bicyclic) bond motifs is 1. The van der Waals surface area contributed by atoms with Gasteiger partial charge in [0, 0.05) is 12.1 Å². The van der Waals surface area contributed by atoms with Crippen molar-refractivity contribution in [3.63, 3.8) is 0 Å². The molecule has 3 rings (SSSR count). The van der Waals surface area contributed by atoms with Crippen molar-refractivity contribution in [3.05, 3.63) is 17.7 Å². The first-order valence-corrected chi connectivity index (χ1v) is 10.0. The van der Waals surface area contributed by atoms with Crippen LogP contribution in [0, 0.1) is 6.92 Å². The molecule has 7 heteroatoms. The van der Waals surface area contributed by atoms with E-state index in [0.29, 0.717) is 17.0 Å². The summed E-state index contributed by atoms with van der Waals surface area (Å²) in [5, 5.41) is 2.70. The lowest BCUT2D eigenvalue weighted by Gasteiger charge is -2.23. The molecule has 132 valence electrons. The normalized spacial score (nSPS) is 19.6. The van der Waals surface area contributed by atoms with Crippen LogP contribution < -0.4 is 14.8 Å². The van der Waals surface area contributed by atoms with E-state index in [1.807, 2.05) is 0 Å². The van der Waals surface area contributed by atoms with Gasteiger partial charge in [0.05, 0.1) is 10.6 Å². The number of carbonyl (C=O) groups is 1. The van der Waals surface area contributed by atoms with E-state index in [2.05, 4.69) is 10.0 Å². The average molecular weight is 352 g/mol. The highest BCUT2D eigenvalue weighted by Crippen LogP contribution is 2.33. The van der Waals surface area contributed by atoms with Crippen molar-refractivity contribution in [1.29, 1.82) is 0 Å². The molecule has 0 radical (unpaired) electrons. The molecule has 0 unspecified atom stereocenters. The van der Waals surface area contributed by atoms with Gasteiger partial charge in [-0.25, -0.2) is 13.1 Å². The van der Waals surface area contributed by atoms with Gasteiger partial charge in [-0.2, -0.15) is 0 Å². The highest BCUT2D eigenvalue weighted by Gasteiger charge is 2.26. The van der Waals surface area contributed by atoms with E-state index < -0.39 is 10.0 Å². The number of aryl methyl sites for hydroxylation is 1. The first-order chi connectivity index (χ1) is 11.5. The second-order valence-corrected chi connectivity index (χ2v) is 8.30. The molecule has 1 aliphatic carbocycles. The molecule has 0 saturated heterocycles. The van der Waals surface area contributed by atoms with Crippen molar-refractivity contribution in [2.75, 3.05) is 11.9 Å². The second kappa shape index (κ2) is 7.11. The molecule has 1 aromatic carbocycles. The molecule has 2 aliphatic rings. The molecule has 0 atom stereocenters. The maximum atomic E-state index is 12.8. The molecule has 6 nitrogen and oxygen atoms in total. The highest BCUT2D eigenvalue weighted by molar-refractivity contribution is 7.89. The maximum absolute atomic E-state index is 12.8. The van der Waals surface area contributed by atoms with Crippen LogP contribution in [0.3, 0.4) is 0 Å². The minimum atomic E-state index is -3.61. The predicted molar refractivity (Wildman–Crippen MR) is 91.7 cm³/mol. The van der Waals surface area contributed by atoms with E-state index in [0.717, 1.165) is 25.7 Å². The van der Waals surface area contributed by atoms with Crippen molar-refractivity contribution in [2.45, 2.75) is 62.8 Å². The van der Waals surface area contributed by atoms with Crippen LogP contribution in [0.25, 0.3) is 0 Å². The predicted octanol–water partition coefficient (Wildman–Crippen LogP) is 2.72. The Morgan fingerprint density at radius 2 is 1.79 bits per heavy atom. The van der Waals surface area contributed by atoms with Gasteiger partial charge in [0.2, 0.25) is 10.0 Å². The third-order valence-electron chi connectivity index (χ3n) is 4.63. The van der Waals surface area contributed by atoms with Crippen molar-refractivity contribution < 1.29 is 17.9 Å². The fourth-order valence-corrected chi connectivity index (χ4v) is 4.91. The third-order valence-corrected chi connectivity index (χ3v) is 6.29. The number of sulfonamides is 1. The van der Waals surface area contributed by atoms with E-state index in [1.165, 1.54) is 25.3 Å². The SMILES string of the molecule is Cc1cc2c(cc1S(=O)(=O)NC1CCCCCCC1)OCC(=O)N2. The first-order valence-electron chi connectivity index (χ1n) is 8.55. The second-order valence-electron chi connectivity index (χ2n) is 6.61. The summed E-state index contributed by atoms with van der Waals surface area (Å²) in [6.07, 6.45) is 7.47. The number of amides is 1. The summed E-state index contributed by atoms with van der Waals surface area (Å²) in [7, 11) is -3.61. The van der Waals surface area contributed by atoms with Gasteiger partial charge < -0.3 is 10.1 Å². The Balaban J connectivity index is 1.82. The fourth-order valence-electron chi connectivity index (χ4n) is 3.36. The Hall–Kier alpha value is -1.60. The van der Waals surface area contributed by atoms with E-state index in [1.54, 1.807) is 13.0 Å². The molecular weight excluding hydrogens is 328 g/mol. The third kappa shape index (κ3) is 3.89. The zero-order valence-corrected chi connectivity index (χ0v) is 14.7. The lowest BCUT2D eigenvalue weighted by atomic mass is 9.97. The Morgan fingerprint density at radius 1 is 1.12 bits per heavy atom. The molecule has 1 saturated carbocycles. The van der Waals surface area contributed by atoms with E-state index >= 15 is 0 Å². The van der Waals surface area contributed by atoms with Crippen LogP contribution >= 0.6 is 0 Å². The lowest BCUT2D eigenvalue weighted by molar-refractivity contribution is -0.118. The van der Waals surface area contributed by atoms with E-state index in [4.69, 9.17) is 4.74 Å². The van der Waals surface area contributed by atoms with Gasteiger partial charge in [-0.3, -0.25) is 4.79 Å². The number of hydrogen-bond acceptors (Lipinski definition) is 4. The fraction of sp³-hybridized carbons (Fsp3) is 0.588. The molecule has 1 aromatic rings. The quantitative estimate of drug-likeness (QED) is 0.876. The standard InChI is InChI=1S/C17H24N2O4S/c1-12-9-14-15(23-11-17(20)18-14)10-16(12)24(21,22)19-13-7-5-3-2-4-6-8-13/h9-10,13,19H,2-8,11H2,1H3,(H,18,20). The van der Waals surface area contributed by atoms with Crippen LogP contribution in [0.1, 0.15) is 50.5 Å². The van der Waals surface area contributed by atoms with Gasteiger partial charge in [0.15, 0.2) is 6.61 Å². The minimum Gasteiger partial charge on any atom is -0.482 e. The zero-order valence-electron chi connectivity index (χ0n) is 13.9. The van der Waals surface area contributed by atoms with Gasteiger partial charge in [-0.15, -0.1) is 0 Å². The maximum Gasteiger partial charge on any atom is 0.262 e. The topological polar surface area (TPSA) is 84.5 Å². The molecular formula is C17H24N2O4S. The van der Waals surface area contributed by atoms with Crippen molar-refractivity contribution in [2.24, 2.45) is 0 Å². The molecule has 24 heavy (non-hydrogen) atoms. The molecule has 1 amide bonds. The van der Waals surface area contributed by atoms with Gasteiger partial charge in [-0.05, 0) is 31.4 Å². The Bertz CT molecular complexity index is 722. The van der Waals surface area contributed by atoms with Gasteiger partial charge in [-0.1, -0.05) is 32.1 Å². The molecule has 1 heterocycles. The largest absolute Gasteiger partial charge is 0.482 e. The molecule has 0 aromatic heterocycles. The monoisotopic (exact) mass is 352 g/mol.